The van der Waals surface area contributed by atoms with Crippen LogP contribution >= 0.6 is 11.3 Å². The van der Waals surface area contributed by atoms with E-state index in [2.05, 4.69) is 0 Å². The predicted molar refractivity (Wildman–Crippen MR) is 84.7 cm³/mol. The van der Waals surface area contributed by atoms with E-state index in [-0.39, 0.29) is 18.2 Å². The molecule has 0 spiro atoms. The number of thiophene rings is 1. The molecule has 0 saturated carbocycles. The molecule has 0 unspecified atom stereocenters. The lowest BCUT2D eigenvalue weighted by molar-refractivity contribution is 0.0920. The Hall–Kier alpha value is -1.94. The average Bonchev–Trinajstić information content (AvgIpc) is 2.83. The van der Waals surface area contributed by atoms with Crippen molar-refractivity contribution in [2.24, 2.45) is 0 Å². The minimum Gasteiger partial charge on any atom is -0.485 e. The molecule has 4 heteroatoms. The zero-order valence-corrected chi connectivity index (χ0v) is 13.3. The smallest absolute Gasteiger partial charge is 0.201 e. The Morgan fingerprint density at radius 2 is 1.76 bits per heavy atom. The lowest BCUT2D eigenvalue weighted by Gasteiger charge is -2.06. The largest absolute Gasteiger partial charge is 0.485 e. The third-order valence-corrected chi connectivity index (χ3v) is 4.17. The third kappa shape index (κ3) is 3.79. The second kappa shape index (κ2) is 6.68. The Labute approximate surface area is 128 Å². The summed E-state index contributed by atoms with van der Waals surface area (Å²) in [6, 6.07) is 8.80. The van der Waals surface area contributed by atoms with E-state index in [0.29, 0.717) is 17.7 Å². The quantitative estimate of drug-likeness (QED) is 0.750. The van der Waals surface area contributed by atoms with E-state index in [1.165, 1.54) is 0 Å². The molecule has 0 aliphatic heterocycles. The van der Waals surface area contributed by atoms with Crippen LogP contribution in [0.1, 0.15) is 43.8 Å². The van der Waals surface area contributed by atoms with Crippen molar-refractivity contribution in [2.45, 2.75) is 27.2 Å². The number of benzene rings is 1. The molecule has 2 aromatic rings. The maximum Gasteiger partial charge on any atom is 0.201 e. The van der Waals surface area contributed by atoms with Gasteiger partial charge in [-0.2, -0.15) is 0 Å². The van der Waals surface area contributed by atoms with Gasteiger partial charge in [0.1, 0.15) is 5.75 Å². The minimum absolute atomic E-state index is 0.0120. The van der Waals surface area contributed by atoms with E-state index in [1.807, 2.05) is 26.8 Å². The van der Waals surface area contributed by atoms with Crippen LogP contribution in [0.2, 0.25) is 0 Å². The van der Waals surface area contributed by atoms with Gasteiger partial charge in [-0.05, 0) is 44.2 Å². The number of carbonyl (C=O) groups excluding carboxylic acids is 2. The molecule has 2 rings (SSSR count). The first-order valence-electron chi connectivity index (χ1n) is 6.87. The molecule has 1 aromatic heterocycles. The fraction of sp³-hybridized carbons (Fsp3) is 0.294. The highest BCUT2D eigenvalue weighted by atomic mass is 32.1. The van der Waals surface area contributed by atoms with Crippen molar-refractivity contribution in [3.8, 4) is 5.75 Å². The van der Waals surface area contributed by atoms with E-state index >= 15 is 0 Å². The van der Waals surface area contributed by atoms with Gasteiger partial charge in [0.25, 0.3) is 0 Å². The number of Topliss-reactive ketones (excluding diaryl/α,β-unsaturated/α-hetero) is 2. The number of aryl methyl sites for hydroxylation is 2. The summed E-state index contributed by atoms with van der Waals surface area (Å²) in [5.41, 5.74) is 1.40. The summed E-state index contributed by atoms with van der Waals surface area (Å²) in [5.74, 6) is 0.674. The van der Waals surface area contributed by atoms with Crippen LogP contribution < -0.4 is 4.74 Å². The normalized spacial score (nSPS) is 10.4. The van der Waals surface area contributed by atoms with Gasteiger partial charge in [-0.15, -0.1) is 11.3 Å². The molecule has 110 valence electrons. The molecule has 21 heavy (non-hydrogen) atoms. The summed E-state index contributed by atoms with van der Waals surface area (Å²) in [4.78, 5) is 25.8. The highest BCUT2D eigenvalue weighted by Gasteiger charge is 2.12. The highest BCUT2D eigenvalue weighted by molar-refractivity contribution is 7.12. The Bertz CT molecular complexity index is 653. The number of ketones is 2. The Kier molecular flexibility index (Phi) is 4.91. The van der Waals surface area contributed by atoms with E-state index in [4.69, 9.17) is 4.74 Å². The van der Waals surface area contributed by atoms with E-state index < -0.39 is 0 Å². The molecule has 0 N–H and O–H groups in total. The summed E-state index contributed by atoms with van der Waals surface area (Å²) in [5, 5.41) is 0. The van der Waals surface area contributed by atoms with Gasteiger partial charge in [-0.1, -0.05) is 6.92 Å². The molecule has 1 aromatic carbocycles. The van der Waals surface area contributed by atoms with Crippen molar-refractivity contribution >= 4 is 22.9 Å². The molecule has 0 bridgehead atoms. The van der Waals surface area contributed by atoms with Crippen LogP contribution in [0.4, 0.5) is 0 Å². The van der Waals surface area contributed by atoms with Gasteiger partial charge >= 0.3 is 0 Å². The number of rotatable bonds is 6. The van der Waals surface area contributed by atoms with Crippen molar-refractivity contribution < 1.29 is 14.3 Å². The van der Waals surface area contributed by atoms with E-state index in [9.17, 15) is 9.59 Å². The molecule has 0 aliphatic carbocycles. The zero-order chi connectivity index (χ0) is 15.4. The van der Waals surface area contributed by atoms with Crippen LogP contribution in [0.25, 0.3) is 0 Å². The monoisotopic (exact) mass is 302 g/mol. The molecule has 0 fully saturated rings. The molecule has 0 saturated heterocycles. The standard InChI is InChI=1S/C17H18O3S/c1-4-16(18)13-5-7-14(8-6-13)20-10-17(19)15-9-11(2)21-12(15)3/h5-9H,4,10H2,1-3H3. The van der Waals surface area contributed by atoms with Crippen molar-refractivity contribution in [3.63, 3.8) is 0 Å². The topological polar surface area (TPSA) is 43.4 Å². The van der Waals surface area contributed by atoms with Crippen LogP contribution in [0.15, 0.2) is 30.3 Å². The Morgan fingerprint density at radius 1 is 1.10 bits per heavy atom. The number of hydrogen-bond acceptors (Lipinski definition) is 4. The molecule has 0 atom stereocenters. The van der Waals surface area contributed by atoms with Gasteiger partial charge in [0.05, 0.1) is 0 Å². The third-order valence-electron chi connectivity index (χ3n) is 3.21. The van der Waals surface area contributed by atoms with E-state index in [1.54, 1.807) is 35.6 Å². The fourth-order valence-electron chi connectivity index (χ4n) is 2.08. The van der Waals surface area contributed by atoms with Gasteiger partial charge < -0.3 is 4.74 Å². The fourth-order valence-corrected chi connectivity index (χ4v) is 3.02. The summed E-state index contributed by atoms with van der Waals surface area (Å²) in [6.07, 6.45) is 0.482. The lowest BCUT2D eigenvalue weighted by atomic mass is 10.1. The van der Waals surface area contributed by atoms with Crippen LogP contribution in [0.5, 0.6) is 5.75 Å². The second-order valence-corrected chi connectivity index (χ2v) is 6.30. The summed E-state index contributed by atoms with van der Waals surface area (Å²) in [7, 11) is 0. The second-order valence-electron chi connectivity index (χ2n) is 4.84. The van der Waals surface area contributed by atoms with Crippen molar-refractivity contribution in [1.29, 1.82) is 0 Å². The number of ether oxygens (including phenoxy) is 1. The van der Waals surface area contributed by atoms with Gasteiger partial charge in [-0.3, -0.25) is 9.59 Å². The van der Waals surface area contributed by atoms with Crippen molar-refractivity contribution in [1.82, 2.24) is 0 Å². The van der Waals surface area contributed by atoms with Gasteiger partial charge in [0, 0.05) is 27.3 Å². The molecule has 0 aliphatic rings. The van der Waals surface area contributed by atoms with E-state index in [0.717, 1.165) is 15.3 Å². The molecular weight excluding hydrogens is 284 g/mol. The van der Waals surface area contributed by atoms with Gasteiger partial charge in [-0.25, -0.2) is 0 Å². The highest BCUT2D eigenvalue weighted by Crippen LogP contribution is 2.21. The van der Waals surface area contributed by atoms with Crippen LogP contribution in [0, 0.1) is 13.8 Å². The molecule has 0 radical (unpaired) electrons. The van der Waals surface area contributed by atoms with Crippen LogP contribution in [-0.2, 0) is 0 Å². The predicted octanol–water partition coefficient (Wildman–Crippen LogP) is 4.22. The Balaban J connectivity index is 1.98. The molecule has 0 amide bonds. The van der Waals surface area contributed by atoms with Gasteiger partial charge in [0.15, 0.2) is 12.4 Å². The zero-order valence-electron chi connectivity index (χ0n) is 12.4. The molecule has 1 heterocycles. The maximum atomic E-state index is 12.1. The molecule has 3 nitrogen and oxygen atoms in total. The first kappa shape index (κ1) is 15.4. The first-order valence-corrected chi connectivity index (χ1v) is 7.69. The SMILES string of the molecule is CCC(=O)c1ccc(OCC(=O)c2cc(C)sc2C)cc1. The van der Waals surface area contributed by atoms with Crippen molar-refractivity contribution in [2.75, 3.05) is 6.61 Å². The minimum atomic E-state index is -0.0226. The summed E-state index contributed by atoms with van der Waals surface area (Å²) in [6.45, 7) is 5.77. The van der Waals surface area contributed by atoms with Crippen LogP contribution in [0.3, 0.4) is 0 Å². The van der Waals surface area contributed by atoms with Gasteiger partial charge in [0.2, 0.25) is 5.78 Å². The average molecular weight is 302 g/mol. The first-order chi connectivity index (χ1) is 10.0. The number of hydrogen-bond donors (Lipinski definition) is 0. The maximum absolute atomic E-state index is 12.1. The molecular formula is C17H18O3S. The van der Waals surface area contributed by atoms with Crippen LogP contribution in [-0.4, -0.2) is 18.2 Å². The summed E-state index contributed by atoms with van der Waals surface area (Å²) < 4.78 is 5.50. The number of carbonyl (C=O) groups is 2. The van der Waals surface area contributed by atoms with Crippen molar-refractivity contribution in [3.05, 3.63) is 51.2 Å². The lowest BCUT2D eigenvalue weighted by Crippen LogP contribution is -2.11. The summed E-state index contributed by atoms with van der Waals surface area (Å²) >= 11 is 1.61. The Morgan fingerprint density at radius 3 is 2.29 bits per heavy atom.